The number of hydrogen-bond donors (Lipinski definition) is 0. The minimum atomic E-state index is -0.706. The van der Waals surface area contributed by atoms with Gasteiger partial charge in [-0.1, -0.05) is 19.3 Å². The summed E-state index contributed by atoms with van der Waals surface area (Å²) in [5.41, 5.74) is -0.0369. The van der Waals surface area contributed by atoms with Crippen molar-refractivity contribution in [1.82, 2.24) is 14.5 Å². The molecule has 0 amide bonds. The second-order valence-electron chi connectivity index (χ2n) is 6.52. The maximum Gasteiger partial charge on any atom is 0.359 e. The predicted molar refractivity (Wildman–Crippen MR) is 109 cm³/mol. The molecule has 12 heteroatoms. The molecular weight excluding hydrogens is 432 g/mol. The summed E-state index contributed by atoms with van der Waals surface area (Å²) in [5, 5.41) is 11.3. The Balaban J connectivity index is 2.10. The van der Waals surface area contributed by atoms with Crippen molar-refractivity contribution in [3.63, 3.8) is 0 Å². The van der Waals surface area contributed by atoms with Crippen molar-refractivity contribution in [3.8, 4) is 0 Å². The second-order valence-corrected chi connectivity index (χ2v) is 8.74. The van der Waals surface area contributed by atoms with Crippen LogP contribution in [0.3, 0.4) is 0 Å². The molecule has 0 spiro atoms. The van der Waals surface area contributed by atoms with Crippen LogP contribution in [0.4, 0.5) is 5.00 Å². The quantitative estimate of drug-likeness (QED) is 0.326. The van der Waals surface area contributed by atoms with Crippen LogP contribution in [0.15, 0.2) is 15.7 Å². The van der Waals surface area contributed by atoms with E-state index in [1.165, 1.54) is 6.20 Å². The van der Waals surface area contributed by atoms with Gasteiger partial charge in [-0.15, -0.1) is 0 Å². The Morgan fingerprint density at radius 1 is 1.23 bits per heavy atom. The summed E-state index contributed by atoms with van der Waals surface area (Å²) >= 11 is 2.00. The fourth-order valence-corrected chi connectivity index (χ4v) is 5.21. The first-order valence-corrected chi connectivity index (χ1v) is 11.3. The summed E-state index contributed by atoms with van der Waals surface area (Å²) in [6.07, 6.45) is 5.93. The van der Waals surface area contributed by atoms with Gasteiger partial charge in [0, 0.05) is 6.04 Å². The van der Waals surface area contributed by atoms with E-state index in [1.807, 2.05) is 0 Å². The van der Waals surface area contributed by atoms with Gasteiger partial charge in [0.15, 0.2) is 20.9 Å². The van der Waals surface area contributed by atoms with Crippen molar-refractivity contribution >= 4 is 40.0 Å². The molecule has 0 N–H and O–H groups in total. The van der Waals surface area contributed by atoms with E-state index in [9.17, 15) is 19.7 Å². The monoisotopic (exact) mass is 454 g/mol. The van der Waals surface area contributed by atoms with Crippen LogP contribution in [0.25, 0.3) is 0 Å². The molecule has 0 saturated heterocycles. The lowest BCUT2D eigenvalue weighted by atomic mass is 9.95. The number of ether oxygens (including phenoxy) is 2. The van der Waals surface area contributed by atoms with Crippen LogP contribution in [0, 0.1) is 10.1 Å². The Kier molecular flexibility index (Phi) is 7.43. The van der Waals surface area contributed by atoms with E-state index < -0.39 is 16.9 Å². The summed E-state index contributed by atoms with van der Waals surface area (Å²) in [6.45, 7) is 3.65. The first-order chi connectivity index (χ1) is 14.5. The van der Waals surface area contributed by atoms with E-state index >= 15 is 0 Å². The average molecular weight is 455 g/mol. The predicted octanol–water partition coefficient (Wildman–Crippen LogP) is 4.26. The van der Waals surface area contributed by atoms with E-state index in [0.717, 1.165) is 55.2 Å². The maximum atomic E-state index is 12.8. The van der Waals surface area contributed by atoms with Crippen molar-refractivity contribution in [3.05, 3.63) is 27.7 Å². The van der Waals surface area contributed by atoms with Crippen LogP contribution in [-0.4, -0.2) is 44.6 Å². The Hall–Kier alpha value is -2.47. The van der Waals surface area contributed by atoms with Gasteiger partial charge in [0.1, 0.15) is 6.20 Å². The zero-order chi connectivity index (χ0) is 21.7. The number of aromatic nitrogens is 3. The molecule has 1 fully saturated rings. The lowest BCUT2D eigenvalue weighted by Gasteiger charge is -2.25. The Labute approximate surface area is 181 Å². The van der Waals surface area contributed by atoms with Gasteiger partial charge in [0.05, 0.1) is 18.1 Å². The van der Waals surface area contributed by atoms with Gasteiger partial charge in [-0.05, 0) is 49.8 Å². The molecule has 10 nitrogen and oxygen atoms in total. The summed E-state index contributed by atoms with van der Waals surface area (Å²) in [6, 6.07) is -0.0359. The second kappa shape index (κ2) is 10.0. The highest BCUT2D eigenvalue weighted by molar-refractivity contribution is 8.01. The maximum absolute atomic E-state index is 12.8. The number of nitro groups is 1. The number of esters is 2. The molecule has 1 aliphatic carbocycles. The third-order valence-electron chi connectivity index (χ3n) is 4.59. The zero-order valence-electron chi connectivity index (χ0n) is 16.7. The number of rotatable bonds is 8. The summed E-state index contributed by atoms with van der Waals surface area (Å²) in [4.78, 5) is 44.3. The zero-order valence-corrected chi connectivity index (χ0v) is 18.3. The molecule has 3 rings (SSSR count). The molecule has 2 aromatic heterocycles. The lowest BCUT2D eigenvalue weighted by Crippen LogP contribution is -2.22. The summed E-state index contributed by atoms with van der Waals surface area (Å²) in [7, 11) is 0. The van der Waals surface area contributed by atoms with Gasteiger partial charge in [-0.2, -0.15) is 0 Å². The molecule has 0 unspecified atom stereocenters. The highest BCUT2D eigenvalue weighted by atomic mass is 32.2. The van der Waals surface area contributed by atoms with Crippen LogP contribution in [0.5, 0.6) is 0 Å². The highest BCUT2D eigenvalue weighted by Gasteiger charge is 2.34. The lowest BCUT2D eigenvalue weighted by molar-refractivity contribution is -0.380. The van der Waals surface area contributed by atoms with Crippen LogP contribution >= 0.6 is 23.1 Å². The van der Waals surface area contributed by atoms with Crippen molar-refractivity contribution in [1.29, 1.82) is 0 Å². The van der Waals surface area contributed by atoms with Gasteiger partial charge in [-0.3, -0.25) is 10.1 Å². The third kappa shape index (κ3) is 4.81. The molecule has 2 heterocycles. The van der Waals surface area contributed by atoms with E-state index in [2.05, 4.69) is 9.97 Å². The average Bonchev–Trinajstić information content (AvgIpc) is 3.34. The largest absolute Gasteiger partial charge is 0.461 e. The number of nitrogens with zero attached hydrogens (tertiary/aromatic N) is 4. The Bertz CT molecular complexity index is 935. The van der Waals surface area contributed by atoms with E-state index in [-0.39, 0.29) is 35.6 Å². The summed E-state index contributed by atoms with van der Waals surface area (Å²) in [5.74, 6) is -1.35. The van der Waals surface area contributed by atoms with Crippen molar-refractivity contribution < 1.29 is 24.0 Å². The SMILES string of the molecule is CCOC(=O)c1nc(Sc2ncc([N+](=O)[O-])s2)n(C2CCCCC2)c1C(=O)OCC. The minimum absolute atomic E-state index is 0.0359. The van der Waals surface area contributed by atoms with Gasteiger partial charge >= 0.3 is 16.9 Å². The number of thiazole rings is 1. The first kappa shape index (κ1) is 22.2. The van der Waals surface area contributed by atoms with Gasteiger partial charge in [0.25, 0.3) is 0 Å². The molecule has 0 bridgehead atoms. The molecule has 0 radical (unpaired) electrons. The molecule has 1 saturated carbocycles. The molecule has 0 atom stereocenters. The van der Waals surface area contributed by atoms with Crippen molar-refractivity contribution in [2.45, 2.75) is 61.5 Å². The van der Waals surface area contributed by atoms with Crippen LogP contribution in [0.1, 0.15) is 73.0 Å². The summed E-state index contributed by atoms with van der Waals surface area (Å²) < 4.78 is 12.4. The third-order valence-corrected chi connectivity index (χ3v) is 6.58. The van der Waals surface area contributed by atoms with Gasteiger partial charge in [0.2, 0.25) is 0 Å². The number of hydrogen-bond acceptors (Lipinski definition) is 10. The van der Waals surface area contributed by atoms with Crippen LogP contribution < -0.4 is 0 Å². The number of carbonyl (C=O) groups is 2. The van der Waals surface area contributed by atoms with Gasteiger partial charge in [-0.25, -0.2) is 19.6 Å². The standard InChI is InChI=1S/C18H22N4O6S2/c1-3-27-15(23)13-14(16(24)28-4-2)21(11-8-6-5-7-9-11)17(20-13)30-18-19-10-12(29-18)22(25)26/h10-11H,3-9H2,1-2H3. The molecule has 0 aliphatic heterocycles. The fourth-order valence-electron chi connectivity index (χ4n) is 3.36. The fraction of sp³-hybridized carbons (Fsp3) is 0.556. The molecule has 0 aromatic carbocycles. The number of imidazole rings is 1. The highest BCUT2D eigenvalue weighted by Crippen LogP contribution is 2.39. The van der Waals surface area contributed by atoms with Crippen LogP contribution in [0.2, 0.25) is 0 Å². The number of carbonyl (C=O) groups excluding carboxylic acids is 2. The molecule has 2 aromatic rings. The molecule has 30 heavy (non-hydrogen) atoms. The van der Waals surface area contributed by atoms with E-state index in [4.69, 9.17) is 9.47 Å². The minimum Gasteiger partial charge on any atom is -0.461 e. The van der Waals surface area contributed by atoms with E-state index in [1.54, 1.807) is 18.4 Å². The molecular formula is C18H22N4O6S2. The molecule has 162 valence electrons. The van der Waals surface area contributed by atoms with Crippen LogP contribution in [-0.2, 0) is 9.47 Å². The van der Waals surface area contributed by atoms with Crippen molar-refractivity contribution in [2.75, 3.05) is 13.2 Å². The van der Waals surface area contributed by atoms with Gasteiger partial charge < -0.3 is 14.0 Å². The normalized spacial score (nSPS) is 14.5. The first-order valence-electron chi connectivity index (χ1n) is 9.70. The van der Waals surface area contributed by atoms with Crippen molar-refractivity contribution in [2.24, 2.45) is 0 Å². The van der Waals surface area contributed by atoms with E-state index in [0.29, 0.717) is 9.50 Å². The Morgan fingerprint density at radius 2 is 1.90 bits per heavy atom. The topological polar surface area (TPSA) is 126 Å². The Morgan fingerprint density at radius 3 is 2.50 bits per heavy atom. The molecule has 1 aliphatic rings. The smallest absolute Gasteiger partial charge is 0.359 e.